The van der Waals surface area contributed by atoms with Crippen LogP contribution in [0.15, 0.2) is 24.3 Å². The molecular formula is C11H11IO. The van der Waals surface area contributed by atoms with Crippen LogP contribution in [0.1, 0.15) is 24.3 Å². The molecule has 1 fully saturated rings. The Morgan fingerprint density at radius 1 is 1.31 bits per heavy atom. The molecule has 1 aliphatic rings. The number of hydrogen-bond acceptors (Lipinski definition) is 1. The van der Waals surface area contributed by atoms with Crippen molar-refractivity contribution in [2.45, 2.75) is 18.8 Å². The van der Waals surface area contributed by atoms with Crippen LogP contribution in [-0.2, 0) is 4.79 Å². The van der Waals surface area contributed by atoms with E-state index in [1.807, 2.05) is 0 Å². The fourth-order valence-corrected chi connectivity index (χ4v) is 1.96. The summed E-state index contributed by atoms with van der Waals surface area (Å²) in [6, 6.07) is 8.27. The van der Waals surface area contributed by atoms with E-state index in [9.17, 15) is 4.79 Å². The zero-order chi connectivity index (χ0) is 9.26. The maximum Gasteiger partial charge on any atom is 0.127 e. The third-order valence-corrected chi connectivity index (χ3v) is 3.25. The van der Waals surface area contributed by atoms with E-state index in [0.717, 1.165) is 6.29 Å². The van der Waals surface area contributed by atoms with Gasteiger partial charge >= 0.3 is 0 Å². The minimum absolute atomic E-state index is 0.150. The number of hydrogen-bond donors (Lipinski definition) is 0. The number of halogens is 1. The van der Waals surface area contributed by atoms with E-state index >= 15 is 0 Å². The molecule has 2 rings (SSSR count). The third kappa shape index (κ3) is 2.10. The summed E-state index contributed by atoms with van der Waals surface area (Å²) in [5, 5.41) is 0. The van der Waals surface area contributed by atoms with Gasteiger partial charge in [0.05, 0.1) is 0 Å². The minimum Gasteiger partial charge on any atom is -0.303 e. The Bertz CT molecular complexity index is 300. The predicted molar refractivity (Wildman–Crippen MR) is 60.7 cm³/mol. The number of carbonyl (C=O) groups is 1. The summed E-state index contributed by atoms with van der Waals surface area (Å²) in [6.45, 7) is 0. The lowest BCUT2D eigenvalue weighted by atomic mass is 9.96. The van der Waals surface area contributed by atoms with Crippen LogP contribution in [0.25, 0.3) is 0 Å². The van der Waals surface area contributed by atoms with Crippen molar-refractivity contribution in [1.29, 1.82) is 0 Å². The molecule has 2 heteroatoms. The lowest BCUT2D eigenvalue weighted by Gasteiger charge is -2.08. The first-order valence-electron chi connectivity index (χ1n) is 4.52. The van der Waals surface area contributed by atoms with Gasteiger partial charge in [0.1, 0.15) is 6.29 Å². The van der Waals surface area contributed by atoms with Gasteiger partial charge in [0.25, 0.3) is 0 Å². The number of benzene rings is 1. The number of carbonyl (C=O) groups excluding carboxylic acids is 1. The van der Waals surface area contributed by atoms with Crippen molar-refractivity contribution in [2.24, 2.45) is 5.92 Å². The van der Waals surface area contributed by atoms with Gasteiger partial charge in [-0.2, -0.15) is 0 Å². The second kappa shape index (κ2) is 3.78. The molecule has 0 saturated heterocycles. The third-order valence-electron chi connectivity index (χ3n) is 2.53. The van der Waals surface area contributed by atoms with Gasteiger partial charge in [-0.1, -0.05) is 12.1 Å². The molecule has 0 amide bonds. The standard InChI is InChI=1S/C11H11IO/c12-10-5-3-9(4-6-10)11(7-13)8-1-2-8/h3-8,11H,1-2H2/t11-/m1/s1. The van der Waals surface area contributed by atoms with Crippen molar-refractivity contribution in [3.8, 4) is 0 Å². The van der Waals surface area contributed by atoms with Crippen LogP contribution in [0, 0.1) is 9.49 Å². The second-order valence-electron chi connectivity index (χ2n) is 3.55. The SMILES string of the molecule is O=C[C@@H](c1ccc(I)cc1)C1CC1. The van der Waals surface area contributed by atoms with Crippen molar-refractivity contribution >= 4 is 28.9 Å². The van der Waals surface area contributed by atoms with E-state index in [2.05, 4.69) is 46.9 Å². The second-order valence-corrected chi connectivity index (χ2v) is 4.80. The van der Waals surface area contributed by atoms with Crippen molar-refractivity contribution in [2.75, 3.05) is 0 Å². The van der Waals surface area contributed by atoms with Gasteiger partial charge in [0.15, 0.2) is 0 Å². The summed E-state index contributed by atoms with van der Waals surface area (Å²) >= 11 is 2.28. The summed E-state index contributed by atoms with van der Waals surface area (Å²) in [6.07, 6.45) is 3.53. The van der Waals surface area contributed by atoms with Gasteiger partial charge in [-0.15, -0.1) is 0 Å². The zero-order valence-electron chi connectivity index (χ0n) is 7.24. The lowest BCUT2D eigenvalue weighted by Crippen LogP contribution is -2.02. The highest BCUT2D eigenvalue weighted by molar-refractivity contribution is 14.1. The molecule has 1 atom stereocenters. The first-order chi connectivity index (χ1) is 6.31. The minimum atomic E-state index is 0.150. The molecule has 1 aromatic rings. The van der Waals surface area contributed by atoms with Crippen molar-refractivity contribution in [1.82, 2.24) is 0 Å². The molecule has 0 aromatic heterocycles. The molecule has 68 valence electrons. The Morgan fingerprint density at radius 3 is 2.38 bits per heavy atom. The molecule has 0 spiro atoms. The highest BCUT2D eigenvalue weighted by Crippen LogP contribution is 2.41. The topological polar surface area (TPSA) is 17.1 Å². The maximum absolute atomic E-state index is 10.9. The molecule has 1 nitrogen and oxygen atoms in total. The molecule has 0 radical (unpaired) electrons. The molecular weight excluding hydrogens is 275 g/mol. The van der Waals surface area contributed by atoms with Crippen molar-refractivity contribution in [3.63, 3.8) is 0 Å². The van der Waals surface area contributed by atoms with Gasteiger partial charge < -0.3 is 4.79 Å². The largest absolute Gasteiger partial charge is 0.303 e. The van der Waals surface area contributed by atoms with E-state index in [-0.39, 0.29) is 5.92 Å². The normalized spacial score (nSPS) is 18.2. The van der Waals surface area contributed by atoms with E-state index in [4.69, 9.17) is 0 Å². The van der Waals surface area contributed by atoms with E-state index in [1.54, 1.807) is 0 Å². The molecule has 1 aromatic carbocycles. The summed E-state index contributed by atoms with van der Waals surface area (Å²) in [4.78, 5) is 10.9. The van der Waals surface area contributed by atoms with Crippen molar-refractivity contribution in [3.05, 3.63) is 33.4 Å². The molecule has 0 aliphatic heterocycles. The van der Waals surface area contributed by atoms with Gasteiger partial charge in [0.2, 0.25) is 0 Å². The molecule has 13 heavy (non-hydrogen) atoms. The lowest BCUT2D eigenvalue weighted by molar-refractivity contribution is -0.109. The Hall–Kier alpha value is -0.380. The monoisotopic (exact) mass is 286 g/mol. The molecule has 1 saturated carbocycles. The van der Waals surface area contributed by atoms with E-state index in [0.29, 0.717) is 5.92 Å². The van der Waals surface area contributed by atoms with Crippen LogP contribution in [0.2, 0.25) is 0 Å². The van der Waals surface area contributed by atoms with Gasteiger partial charge in [0, 0.05) is 9.49 Å². The Labute approximate surface area is 91.7 Å². The summed E-state index contributed by atoms with van der Waals surface area (Å²) in [5.74, 6) is 0.773. The van der Waals surface area contributed by atoms with E-state index < -0.39 is 0 Å². The number of rotatable bonds is 3. The smallest absolute Gasteiger partial charge is 0.127 e. The van der Waals surface area contributed by atoms with Gasteiger partial charge in [-0.25, -0.2) is 0 Å². The Kier molecular flexibility index (Phi) is 2.67. The molecule has 0 bridgehead atoms. The highest BCUT2D eigenvalue weighted by atomic mass is 127. The Morgan fingerprint density at radius 2 is 1.92 bits per heavy atom. The van der Waals surface area contributed by atoms with Crippen LogP contribution in [0.3, 0.4) is 0 Å². The first kappa shape index (κ1) is 9.19. The van der Waals surface area contributed by atoms with Crippen LogP contribution in [0.5, 0.6) is 0 Å². The van der Waals surface area contributed by atoms with Crippen LogP contribution in [0.4, 0.5) is 0 Å². The molecule has 0 unspecified atom stereocenters. The van der Waals surface area contributed by atoms with Crippen molar-refractivity contribution < 1.29 is 4.79 Å². The average molecular weight is 286 g/mol. The zero-order valence-corrected chi connectivity index (χ0v) is 9.40. The average Bonchev–Trinajstić information content (AvgIpc) is 2.93. The maximum atomic E-state index is 10.9. The Balaban J connectivity index is 2.21. The summed E-state index contributed by atoms with van der Waals surface area (Å²) in [7, 11) is 0. The van der Waals surface area contributed by atoms with Gasteiger partial charge in [-0.05, 0) is 59.0 Å². The summed E-state index contributed by atoms with van der Waals surface area (Å²) in [5.41, 5.74) is 1.18. The fraction of sp³-hybridized carbons (Fsp3) is 0.364. The van der Waals surface area contributed by atoms with Crippen LogP contribution >= 0.6 is 22.6 Å². The molecule has 1 aliphatic carbocycles. The van der Waals surface area contributed by atoms with E-state index in [1.165, 1.54) is 22.0 Å². The molecule has 0 N–H and O–H groups in total. The fourth-order valence-electron chi connectivity index (χ4n) is 1.60. The van der Waals surface area contributed by atoms with Crippen LogP contribution in [-0.4, -0.2) is 6.29 Å². The molecule has 0 heterocycles. The number of aldehydes is 1. The predicted octanol–water partition coefficient (Wildman–Crippen LogP) is 2.98. The van der Waals surface area contributed by atoms with Crippen LogP contribution < -0.4 is 0 Å². The summed E-state index contributed by atoms with van der Waals surface area (Å²) < 4.78 is 1.22. The highest BCUT2D eigenvalue weighted by Gasteiger charge is 2.31. The first-order valence-corrected chi connectivity index (χ1v) is 5.60. The van der Waals surface area contributed by atoms with Gasteiger partial charge in [-0.3, -0.25) is 0 Å². The quantitative estimate of drug-likeness (QED) is 0.616.